The number of H-pyrrole nitrogens is 1. The Kier molecular flexibility index (Phi) is 3.13. The van der Waals surface area contributed by atoms with E-state index in [1.165, 1.54) is 12.1 Å². The molecule has 4 heteroatoms. The number of carbonyl (C=O) groups excluding carboxylic acids is 1. The van der Waals surface area contributed by atoms with Gasteiger partial charge in [0.05, 0.1) is 5.56 Å². The predicted molar refractivity (Wildman–Crippen MR) is 65.6 cm³/mol. The molecule has 1 amide bonds. The zero-order valence-corrected chi connectivity index (χ0v) is 9.93. The van der Waals surface area contributed by atoms with Crippen molar-refractivity contribution in [1.29, 1.82) is 0 Å². The number of benzene rings is 1. The van der Waals surface area contributed by atoms with Crippen LogP contribution in [-0.4, -0.2) is 17.4 Å². The van der Waals surface area contributed by atoms with Gasteiger partial charge in [-0.1, -0.05) is 6.92 Å². The maximum absolute atomic E-state index is 13.2. The summed E-state index contributed by atoms with van der Waals surface area (Å²) < 4.78 is 13.2. The van der Waals surface area contributed by atoms with Crippen LogP contribution in [0.1, 0.15) is 29.4 Å². The molecule has 0 aliphatic heterocycles. The summed E-state index contributed by atoms with van der Waals surface area (Å²) in [6.07, 6.45) is 0.876. The van der Waals surface area contributed by atoms with E-state index in [2.05, 4.69) is 10.3 Å². The van der Waals surface area contributed by atoms with Crippen LogP contribution in [0.2, 0.25) is 0 Å². The number of aryl methyl sites for hydroxylation is 1. The molecule has 0 saturated carbocycles. The number of halogens is 1. The third-order valence-corrected chi connectivity index (χ3v) is 2.71. The Morgan fingerprint density at radius 1 is 1.47 bits per heavy atom. The largest absolute Gasteiger partial charge is 0.358 e. The van der Waals surface area contributed by atoms with Crippen molar-refractivity contribution >= 4 is 16.8 Å². The number of fused-ring (bicyclic) bond motifs is 1. The lowest BCUT2D eigenvalue weighted by atomic mass is 10.1. The molecule has 0 aliphatic rings. The summed E-state index contributed by atoms with van der Waals surface area (Å²) in [5, 5.41) is 3.44. The monoisotopic (exact) mass is 234 g/mol. The Balaban J connectivity index is 2.48. The first-order valence-corrected chi connectivity index (χ1v) is 5.69. The van der Waals surface area contributed by atoms with Crippen molar-refractivity contribution in [3.8, 4) is 0 Å². The van der Waals surface area contributed by atoms with Crippen LogP contribution < -0.4 is 5.32 Å². The summed E-state index contributed by atoms with van der Waals surface area (Å²) >= 11 is 0. The van der Waals surface area contributed by atoms with Crippen molar-refractivity contribution in [2.75, 3.05) is 6.54 Å². The molecule has 0 spiro atoms. The fourth-order valence-electron chi connectivity index (χ4n) is 1.92. The van der Waals surface area contributed by atoms with Crippen LogP contribution in [0.4, 0.5) is 4.39 Å². The van der Waals surface area contributed by atoms with E-state index in [9.17, 15) is 9.18 Å². The number of hydrogen-bond donors (Lipinski definition) is 2. The molecule has 2 N–H and O–H groups in total. The molecule has 1 aromatic heterocycles. The van der Waals surface area contributed by atoms with E-state index < -0.39 is 0 Å². The highest BCUT2D eigenvalue weighted by atomic mass is 19.1. The molecule has 0 atom stereocenters. The van der Waals surface area contributed by atoms with Crippen molar-refractivity contribution in [3.63, 3.8) is 0 Å². The first-order valence-electron chi connectivity index (χ1n) is 5.69. The first-order chi connectivity index (χ1) is 8.13. The summed E-state index contributed by atoms with van der Waals surface area (Å²) in [6, 6.07) is 4.42. The summed E-state index contributed by atoms with van der Waals surface area (Å²) in [7, 11) is 0. The third kappa shape index (κ3) is 2.16. The zero-order chi connectivity index (χ0) is 12.4. The van der Waals surface area contributed by atoms with E-state index in [4.69, 9.17) is 0 Å². The van der Waals surface area contributed by atoms with Gasteiger partial charge in [0, 0.05) is 23.1 Å². The maximum atomic E-state index is 13.2. The van der Waals surface area contributed by atoms with Crippen LogP contribution in [0.5, 0.6) is 0 Å². The van der Waals surface area contributed by atoms with Gasteiger partial charge in [-0.05, 0) is 31.5 Å². The molecule has 1 aromatic carbocycles. The molecule has 17 heavy (non-hydrogen) atoms. The van der Waals surface area contributed by atoms with Crippen LogP contribution in [0.3, 0.4) is 0 Å². The molecule has 0 saturated heterocycles. The average molecular weight is 234 g/mol. The Morgan fingerprint density at radius 3 is 2.94 bits per heavy atom. The smallest absolute Gasteiger partial charge is 0.253 e. The molecular formula is C13H15FN2O. The first kappa shape index (κ1) is 11.6. The number of hydrogen-bond acceptors (Lipinski definition) is 1. The Morgan fingerprint density at radius 2 is 2.24 bits per heavy atom. The summed E-state index contributed by atoms with van der Waals surface area (Å²) in [5.41, 5.74) is 2.08. The lowest BCUT2D eigenvalue weighted by Crippen LogP contribution is -2.24. The van der Waals surface area contributed by atoms with Gasteiger partial charge in [-0.2, -0.15) is 0 Å². The topological polar surface area (TPSA) is 44.9 Å². The van der Waals surface area contributed by atoms with Crippen molar-refractivity contribution in [2.45, 2.75) is 20.3 Å². The molecule has 2 rings (SSSR count). The molecule has 2 aromatic rings. The van der Waals surface area contributed by atoms with Gasteiger partial charge < -0.3 is 10.3 Å². The van der Waals surface area contributed by atoms with Crippen molar-refractivity contribution in [2.24, 2.45) is 0 Å². The van der Waals surface area contributed by atoms with Crippen molar-refractivity contribution in [3.05, 3.63) is 35.3 Å². The highest BCUT2D eigenvalue weighted by Crippen LogP contribution is 2.22. The van der Waals surface area contributed by atoms with E-state index in [0.29, 0.717) is 17.5 Å². The van der Waals surface area contributed by atoms with Gasteiger partial charge in [-0.15, -0.1) is 0 Å². The highest BCUT2D eigenvalue weighted by Gasteiger charge is 2.15. The lowest BCUT2D eigenvalue weighted by molar-refractivity contribution is 0.0955. The zero-order valence-electron chi connectivity index (χ0n) is 9.93. The minimum absolute atomic E-state index is 0.152. The number of nitrogens with one attached hydrogen (secondary N) is 2. The molecule has 0 fully saturated rings. The second-order valence-corrected chi connectivity index (χ2v) is 4.07. The second-order valence-electron chi connectivity index (χ2n) is 4.07. The van der Waals surface area contributed by atoms with E-state index in [-0.39, 0.29) is 11.7 Å². The lowest BCUT2D eigenvalue weighted by Gasteiger charge is -2.03. The molecule has 0 radical (unpaired) electrons. The molecule has 0 bridgehead atoms. The minimum atomic E-state index is -0.332. The second kappa shape index (κ2) is 4.57. The van der Waals surface area contributed by atoms with Crippen molar-refractivity contribution < 1.29 is 9.18 Å². The van der Waals surface area contributed by atoms with E-state index in [1.54, 1.807) is 6.07 Å². The Labute approximate surface area is 99.0 Å². The predicted octanol–water partition coefficient (Wildman–Crippen LogP) is 2.76. The van der Waals surface area contributed by atoms with Crippen molar-refractivity contribution in [1.82, 2.24) is 10.3 Å². The van der Waals surface area contributed by atoms with Crippen LogP contribution in [0.15, 0.2) is 18.2 Å². The molecule has 3 nitrogen and oxygen atoms in total. The summed E-state index contributed by atoms with van der Waals surface area (Å²) in [5.74, 6) is -0.484. The van der Waals surface area contributed by atoms with Gasteiger partial charge in [0.15, 0.2) is 0 Å². The van der Waals surface area contributed by atoms with Gasteiger partial charge in [0.25, 0.3) is 5.91 Å². The van der Waals surface area contributed by atoms with Crippen LogP contribution in [-0.2, 0) is 0 Å². The SMILES string of the molecule is CCCNC(=O)c1c(C)[nH]c2ccc(F)cc12. The standard InChI is InChI=1S/C13H15FN2O/c1-3-6-15-13(17)12-8(2)16-11-5-4-9(14)7-10(11)12/h4-5,7,16H,3,6H2,1-2H3,(H,15,17). The van der Waals surface area contributed by atoms with E-state index >= 15 is 0 Å². The minimum Gasteiger partial charge on any atom is -0.358 e. The van der Waals surface area contributed by atoms with Crippen LogP contribution in [0.25, 0.3) is 10.9 Å². The Hall–Kier alpha value is -1.84. The van der Waals surface area contributed by atoms with Crippen LogP contribution >= 0.6 is 0 Å². The third-order valence-electron chi connectivity index (χ3n) is 2.71. The van der Waals surface area contributed by atoms with Gasteiger partial charge in [-0.3, -0.25) is 4.79 Å². The van der Waals surface area contributed by atoms with Gasteiger partial charge >= 0.3 is 0 Å². The maximum Gasteiger partial charge on any atom is 0.253 e. The molecular weight excluding hydrogens is 219 g/mol. The van der Waals surface area contributed by atoms with Gasteiger partial charge in [-0.25, -0.2) is 4.39 Å². The number of carbonyl (C=O) groups is 1. The molecule has 1 heterocycles. The number of amides is 1. The number of aromatic nitrogens is 1. The average Bonchev–Trinajstić information content (AvgIpc) is 2.61. The van der Waals surface area contributed by atoms with E-state index in [1.807, 2.05) is 13.8 Å². The van der Waals surface area contributed by atoms with Crippen LogP contribution in [0, 0.1) is 12.7 Å². The quantitative estimate of drug-likeness (QED) is 0.842. The summed E-state index contributed by atoms with van der Waals surface area (Å²) in [6.45, 7) is 4.43. The molecule has 0 unspecified atom stereocenters. The normalized spacial score (nSPS) is 10.8. The Bertz CT molecular complexity index is 560. The fraction of sp³-hybridized carbons (Fsp3) is 0.308. The molecule has 90 valence electrons. The number of aromatic amines is 1. The van der Waals surface area contributed by atoms with Gasteiger partial charge in [0.2, 0.25) is 0 Å². The van der Waals surface area contributed by atoms with E-state index in [0.717, 1.165) is 17.6 Å². The van der Waals surface area contributed by atoms with Gasteiger partial charge in [0.1, 0.15) is 5.82 Å². The summed E-state index contributed by atoms with van der Waals surface area (Å²) in [4.78, 5) is 15.0. The molecule has 0 aliphatic carbocycles. The number of rotatable bonds is 3. The fourth-order valence-corrected chi connectivity index (χ4v) is 1.92. The highest BCUT2D eigenvalue weighted by molar-refractivity contribution is 6.08.